The normalized spacial score (nSPS) is 22.3. The van der Waals surface area contributed by atoms with Gasteiger partial charge in [-0.1, -0.05) is 0 Å². The lowest BCUT2D eigenvalue weighted by atomic mass is 10.1. The van der Waals surface area contributed by atoms with Gasteiger partial charge in [-0.3, -0.25) is 10.0 Å². The molecule has 12 heavy (non-hydrogen) atoms. The van der Waals surface area contributed by atoms with Crippen molar-refractivity contribution < 1.29 is 14.8 Å². The quantitative estimate of drug-likeness (QED) is 0.461. The summed E-state index contributed by atoms with van der Waals surface area (Å²) in [6.45, 7) is 5.38. The van der Waals surface area contributed by atoms with Crippen molar-refractivity contribution in [3.63, 3.8) is 0 Å². The average Bonchev–Trinajstić information content (AvgIpc) is 2.13. The van der Waals surface area contributed by atoms with E-state index in [1.165, 1.54) is 4.90 Å². The van der Waals surface area contributed by atoms with Gasteiger partial charge in [0.25, 0.3) is 5.91 Å². The third-order valence-electron chi connectivity index (χ3n) is 2.12. The van der Waals surface area contributed by atoms with Gasteiger partial charge in [0.15, 0.2) is 0 Å². The van der Waals surface area contributed by atoms with Crippen LogP contribution in [-0.2, 0) is 4.79 Å². The first-order valence-corrected chi connectivity index (χ1v) is 3.78. The van der Waals surface area contributed by atoms with Crippen LogP contribution in [0.4, 0.5) is 4.79 Å². The Bertz CT molecular complexity index is 237. The standard InChI is InChI=1S/C7H12N2O3/c1-4-8-6(11)9(12)5(10)7(8,2)3/h12H,4H2,1-3H3. The van der Waals surface area contributed by atoms with Crippen molar-refractivity contribution in [2.45, 2.75) is 26.3 Å². The summed E-state index contributed by atoms with van der Waals surface area (Å²) < 4.78 is 0. The van der Waals surface area contributed by atoms with Gasteiger partial charge in [-0.05, 0) is 20.8 Å². The SMILES string of the molecule is CCN1C(=O)N(O)C(=O)C1(C)C. The van der Waals surface area contributed by atoms with Crippen LogP contribution >= 0.6 is 0 Å². The highest BCUT2D eigenvalue weighted by molar-refractivity contribution is 6.05. The zero-order valence-corrected chi connectivity index (χ0v) is 7.37. The van der Waals surface area contributed by atoms with Gasteiger partial charge in [-0.15, -0.1) is 5.06 Å². The minimum absolute atomic E-state index is 0.170. The molecule has 5 nitrogen and oxygen atoms in total. The topological polar surface area (TPSA) is 60.9 Å². The Kier molecular flexibility index (Phi) is 1.83. The first kappa shape index (κ1) is 8.99. The minimum atomic E-state index is -0.916. The predicted octanol–water partition coefficient (Wildman–Crippen LogP) is 0.438. The minimum Gasteiger partial charge on any atom is -0.308 e. The van der Waals surface area contributed by atoms with E-state index in [0.29, 0.717) is 6.54 Å². The van der Waals surface area contributed by atoms with Gasteiger partial charge in [0.2, 0.25) is 0 Å². The molecule has 0 saturated carbocycles. The maximum atomic E-state index is 11.2. The molecule has 1 aliphatic rings. The second-order valence-electron chi connectivity index (χ2n) is 3.20. The lowest BCUT2D eigenvalue weighted by molar-refractivity contribution is -0.152. The van der Waals surface area contributed by atoms with Crippen molar-refractivity contribution in [3.05, 3.63) is 0 Å². The lowest BCUT2D eigenvalue weighted by Gasteiger charge is -2.25. The zero-order valence-electron chi connectivity index (χ0n) is 7.37. The van der Waals surface area contributed by atoms with Gasteiger partial charge >= 0.3 is 6.03 Å². The maximum absolute atomic E-state index is 11.2. The van der Waals surface area contributed by atoms with E-state index in [1.807, 2.05) is 0 Å². The van der Waals surface area contributed by atoms with E-state index < -0.39 is 17.5 Å². The van der Waals surface area contributed by atoms with Gasteiger partial charge in [0, 0.05) is 6.54 Å². The van der Waals surface area contributed by atoms with Crippen LogP contribution in [0.5, 0.6) is 0 Å². The first-order valence-electron chi connectivity index (χ1n) is 3.78. The van der Waals surface area contributed by atoms with Crippen LogP contribution in [0.3, 0.4) is 0 Å². The molecule has 5 heteroatoms. The number of amides is 3. The molecular formula is C7H12N2O3. The number of carbonyl (C=O) groups is 2. The van der Waals surface area contributed by atoms with E-state index in [2.05, 4.69) is 0 Å². The molecule has 0 aromatic carbocycles. The molecule has 1 fully saturated rings. The number of likely N-dealkylation sites (N-methyl/N-ethyl adjacent to an activating group) is 1. The Morgan fingerprint density at radius 3 is 2.08 bits per heavy atom. The largest absolute Gasteiger partial charge is 0.352 e. The number of rotatable bonds is 1. The molecule has 0 unspecified atom stereocenters. The zero-order chi connectivity index (χ0) is 9.52. The summed E-state index contributed by atoms with van der Waals surface area (Å²) in [7, 11) is 0. The fourth-order valence-electron chi connectivity index (χ4n) is 1.35. The van der Waals surface area contributed by atoms with Crippen molar-refractivity contribution in [2.24, 2.45) is 0 Å². The third kappa shape index (κ3) is 0.896. The first-order chi connectivity index (χ1) is 5.42. The Balaban J connectivity index is 3.04. The fraction of sp³-hybridized carbons (Fsp3) is 0.714. The molecule has 1 aliphatic heterocycles. The number of urea groups is 1. The smallest absolute Gasteiger partial charge is 0.308 e. The Hall–Kier alpha value is -1.10. The molecule has 68 valence electrons. The van der Waals surface area contributed by atoms with Crippen LogP contribution in [-0.4, -0.2) is 39.2 Å². The fourth-order valence-corrected chi connectivity index (χ4v) is 1.35. The van der Waals surface area contributed by atoms with Crippen LogP contribution in [0.2, 0.25) is 0 Å². The summed E-state index contributed by atoms with van der Waals surface area (Å²) in [4.78, 5) is 23.7. The molecule has 1 saturated heterocycles. The number of hydrogen-bond donors (Lipinski definition) is 1. The van der Waals surface area contributed by atoms with Gasteiger partial charge in [0.1, 0.15) is 5.54 Å². The molecule has 0 spiro atoms. The highest BCUT2D eigenvalue weighted by Crippen LogP contribution is 2.25. The Labute approximate surface area is 70.5 Å². The van der Waals surface area contributed by atoms with E-state index in [1.54, 1.807) is 20.8 Å². The molecule has 0 bridgehead atoms. The van der Waals surface area contributed by atoms with Crippen molar-refractivity contribution in [3.8, 4) is 0 Å². The summed E-state index contributed by atoms with van der Waals surface area (Å²) in [5.41, 5.74) is -0.916. The molecule has 0 aliphatic carbocycles. The second-order valence-corrected chi connectivity index (χ2v) is 3.20. The van der Waals surface area contributed by atoms with Crippen molar-refractivity contribution in [2.75, 3.05) is 6.54 Å². The number of carbonyl (C=O) groups excluding carboxylic acids is 2. The van der Waals surface area contributed by atoms with Gasteiger partial charge in [-0.25, -0.2) is 4.79 Å². The Morgan fingerprint density at radius 2 is 1.92 bits per heavy atom. The monoisotopic (exact) mass is 172 g/mol. The number of nitrogens with zero attached hydrogens (tertiary/aromatic N) is 2. The molecule has 0 aromatic rings. The second kappa shape index (κ2) is 2.45. The van der Waals surface area contributed by atoms with Crippen molar-refractivity contribution in [1.29, 1.82) is 0 Å². The van der Waals surface area contributed by atoms with Gasteiger partial charge in [0.05, 0.1) is 0 Å². The highest BCUT2D eigenvalue weighted by atomic mass is 16.5. The molecule has 1 heterocycles. The van der Waals surface area contributed by atoms with E-state index in [-0.39, 0.29) is 5.06 Å². The molecule has 1 N–H and O–H groups in total. The van der Waals surface area contributed by atoms with E-state index in [9.17, 15) is 9.59 Å². The van der Waals surface area contributed by atoms with Crippen LogP contribution < -0.4 is 0 Å². The summed E-state index contributed by atoms with van der Waals surface area (Å²) in [6, 6.07) is -0.646. The van der Waals surface area contributed by atoms with E-state index in [4.69, 9.17) is 5.21 Å². The van der Waals surface area contributed by atoms with Crippen molar-refractivity contribution >= 4 is 11.9 Å². The summed E-state index contributed by atoms with van der Waals surface area (Å²) >= 11 is 0. The van der Waals surface area contributed by atoms with Crippen LogP contribution in [0, 0.1) is 0 Å². The van der Waals surface area contributed by atoms with Crippen LogP contribution in [0.1, 0.15) is 20.8 Å². The number of hydrogen-bond acceptors (Lipinski definition) is 3. The molecule has 0 aromatic heterocycles. The number of hydroxylamine groups is 2. The molecule has 1 rings (SSSR count). The number of imide groups is 1. The van der Waals surface area contributed by atoms with Gasteiger partial charge < -0.3 is 4.90 Å². The predicted molar refractivity (Wildman–Crippen MR) is 40.5 cm³/mol. The Morgan fingerprint density at radius 1 is 1.42 bits per heavy atom. The summed E-state index contributed by atoms with van der Waals surface area (Å²) in [5.74, 6) is -0.575. The molecular weight excluding hydrogens is 160 g/mol. The summed E-state index contributed by atoms with van der Waals surface area (Å²) in [5, 5.41) is 9.17. The average molecular weight is 172 g/mol. The maximum Gasteiger partial charge on any atom is 0.352 e. The van der Waals surface area contributed by atoms with Crippen molar-refractivity contribution in [1.82, 2.24) is 9.96 Å². The summed E-state index contributed by atoms with van der Waals surface area (Å²) in [6.07, 6.45) is 0. The lowest BCUT2D eigenvalue weighted by Crippen LogP contribution is -2.43. The van der Waals surface area contributed by atoms with E-state index >= 15 is 0 Å². The molecule has 0 atom stereocenters. The highest BCUT2D eigenvalue weighted by Gasteiger charge is 2.50. The molecule has 0 radical (unpaired) electrons. The third-order valence-corrected chi connectivity index (χ3v) is 2.12. The van der Waals surface area contributed by atoms with E-state index in [0.717, 1.165) is 0 Å². The van der Waals surface area contributed by atoms with Crippen LogP contribution in [0.15, 0.2) is 0 Å². The van der Waals surface area contributed by atoms with Crippen LogP contribution in [0.25, 0.3) is 0 Å². The van der Waals surface area contributed by atoms with Gasteiger partial charge in [-0.2, -0.15) is 0 Å². The molecule has 3 amide bonds.